The van der Waals surface area contributed by atoms with Gasteiger partial charge in [0, 0.05) is 60.4 Å². The van der Waals surface area contributed by atoms with E-state index in [1.54, 1.807) is 23.1 Å². The average Bonchev–Trinajstić information content (AvgIpc) is 0.688. The maximum absolute atomic E-state index is 14.9. The summed E-state index contributed by atoms with van der Waals surface area (Å²) in [4.78, 5) is 122. The number of rotatable bonds is 59. The van der Waals surface area contributed by atoms with E-state index < -0.39 is 36.8 Å². The SMILES string of the molecule is C/C=[CH]/[Sn]([CH2]CCC)([CH2]CCC)[CH2]CCC.CCCCCC(CCCCC)N1C(=O)c2ccc3c4ccc5c6c(cc(Br)c(c7ccc(c2c37)C1=O)c64)C(=O)N(C(CCCCC)CCCCC)C5=O.CCCCCCCCCCCN1C(=O)c2ccc3c4ccc5c6c(cc(/C=[CH]/[Sn]([CH2]CCC)([CH2]CCC)[CH2]CCC)c(c7ccc(c2c37)C1=O)c64)C(=O)N(CCCCCCCCCCC)C5=O. The second kappa shape index (κ2) is 53.1. The van der Waals surface area contributed by atoms with Gasteiger partial charge in [-0.1, -0.05) is 236 Å². The Hall–Kier alpha value is -7.08. The van der Waals surface area contributed by atoms with Crippen LogP contribution in [0.4, 0.5) is 0 Å². The molecule has 10 aromatic carbocycles. The van der Waals surface area contributed by atoms with Crippen molar-refractivity contribution in [3.63, 3.8) is 0 Å². The topological polar surface area (TPSA) is 150 Å². The Kier molecular flexibility index (Phi) is 42.1. The monoisotopic (exact) mass is 2120 g/mol. The molecule has 4 heterocycles. The zero-order valence-corrected chi connectivity index (χ0v) is 93.5. The first-order valence-electron chi connectivity index (χ1n) is 55.2. The summed E-state index contributed by atoms with van der Waals surface area (Å²) in [5.74, 6) is -1.64. The van der Waals surface area contributed by atoms with Crippen LogP contribution in [0.3, 0.4) is 0 Å². The van der Waals surface area contributed by atoms with E-state index in [2.05, 4.69) is 151 Å². The van der Waals surface area contributed by atoms with Crippen LogP contribution in [-0.2, 0) is 0 Å². The fourth-order valence-electron chi connectivity index (χ4n) is 23.6. The van der Waals surface area contributed by atoms with Crippen LogP contribution in [0.25, 0.3) is 92.3 Å². The van der Waals surface area contributed by atoms with Crippen LogP contribution in [0.1, 0.15) is 474 Å². The van der Waals surface area contributed by atoms with Crippen LogP contribution < -0.4 is 0 Å². The molecule has 136 heavy (non-hydrogen) atoms. The van der Waals surface area contributed by atoms with E-state index in [1.807, 2.05) is 60.7 Å². The fraction of sp³-hybridized carbons (Fsp3) is 0.570. The van der Waals surface area contributed by atoms with Gasteiger partial charge in [-0.3, -0.25) is 29.0 Å². The van der Waals surface area contributed by atoms with Crippen molar-refractivity contribution in [1.82, 2.24) is 19.6 Å². The van der Waals surface area contributed by atoms with Gasteiger partial charge in [0.1, 0.15) is 0 Å². The molecule has 0 bridgehead atoms. The third-order valence-electron chi connectivity index (χ3n) is 31.3. The maximum atomic E-state index is 14.9. The molecule has 0 atom stereocenters. The third kappa shape index (κ3) is 24.1. The number of benzene rings is 10. The second-order valence-electron chi connectivity index (χ2n) is 41.2. The molecule has 0 spiro atoms. The number of carbonyl (C=O) groups is 8. The van der Waals surface area contributed by atoms with Gasteiger partial charge in [0.15, 0.2) is 0 Å². The third-order valence-corrected chi connectivity index (χ3v) is 60.5. The van der Waals surface area contributed by atoms with Crippen molar-refractivity contribution in [2.24, 2.45) is 0 Å². The van der Waals surface area contributed by atoms with Crippen LogP contribution in [0.2, 0.25) is 26.6 Å². The number of hydrogen-bond donors (Lipinski definition) is 0. The molecule has 0 radical (unpaired) electrons. The van der Waals surface area contributed by atoms with E-state index in [9.17, 15) is 38.4 Å². The van der Waals surface area contributed by atoms with E-state index in [4.69, 9.17) is 0 Å². The molecule has 4 aliphatic heterocycles. The van der Waals surface area contributed by atoms with Gasteiger partial charge in [-0.25, -0.2) is 0 Å². The summed E-state index contributed by atoms with van der Waals surface area (Å²) < 4.78 is 15.0. The summed E-state index contributed by atoms with van der Waals surface area (Å²) in [7, 11) is 0. The van der Waals surface area contributed by atoms with Gasteiger partial charge in [-0.2, -0.15) is 0 Å². The number of amides is 8. The number of halogens is 1. The van der Waals surface area contributed by atoms with Gasteiger partial charge in [0.2, 0.25) is 0 Å². The van der Waals surface area contributed by atoms with Gasteiger partial charge >= 0.3 is 420 Å². The summed E-state index contributed by atoms with van der Waals surface area (Å²) in [6.07, 6.45) is 57.7. The molecule has 4 aliphatic rings. The minimum absolute atomic E-state index is 0.123. The average molecular weight is 2120 g/mol. The molecule has 0 unspecified atom stereocenters. The molecule has 10 aromatic rings. The van der Waals surface area contributed by atoms with Crippen LogP contribution >= 0.6 is 15.9 Å². The van der Waals surface area contributed by atoms with E-state index in [0.29, 0.717) is 68.4 Å². The summed E-state index contributed by atoms with van der Waals surface area (Å²) in [5, 5.41) is 14.1. The van der Waals surface area contributed by atoms with E-state index >= 15 is 0 Å². The molecule has 15 heteroatoms. The van der Waals surface area contributed by atoms with Gasteiger partial charge in [0.05, 0.1) is 0 Å². The summed E-state index contributed by atoms with van der Waals surface area (Å²) >= 11 is -0.797. The number of nitrogens with zero attached hydrogens (tertiary/aromatic N) is 4. The first-order chi connectivity index (χ1) is 66.3. The van der Waals surface area contributed by atoms with Crippen molar-refractivity contribution in [3.8, 4) is 0 Å². The molecule has 0 aromatic heterocycles. The van der Waals surface area contributed by atoms with Crippen LogP contribution in [0.5, 0.6) is 0 Å². The Balaban J connectivity index is 0.000000214. The standard InChI is InChI=1S/C48H55N2O4.C46H53BrN2O4.6C4H9.C3H5.2Sn/c1-4-7-9-11-13-15-17-19-21-29-49-45(51)36-26-23-33-34-24-27-38-43-39(48(54)50(47(38)53)30-22-20-18-16-14-12-10-8-5-2)31-32(6-3)40(44(34)43)35-25-28-37(46(49)52)42(36)41(33)35;1-5-9-13-17-28(18-14-10-6-2)48-43(50)33-24-21-30-31-22-25-35-40-36(46(53)49(45(35)52)29(19-15-11-7-3)20-16-12-8-4)27-37(47)41(42(31)40)32-23-26-34(44(48)51)39(33)38(30)32;6*1-3-4-2;1-3-2;;/h3,6,23-28,31H,4-5,7-22,29-30H2,1-2H3;21-29H,5-20H2,1-4H3;6*1,3-4H2,2H3;1,3H,2H3;;. The molecule has 0 saturated heterocycles. The number of imide groups is 4. The Morgan fingerprint density at radius 2 is 0.500 bits per heavy atom. The fourth-order valence-corrected chi connectivity index (χ4v) is 53.0. The number of carbonyl (C=O) groups excluding carboxylic acids is 8. The minimum atomic E-state index is -2.84. The van der Waals surface area contributed by atoms with E-state index in [-0.39, 0.29) is 59.3 Å². The Bertz CT molecular complexity index is 5710. The molecule has 0 aliphatic carbocycles. The van der Waals surface area contributed by atoms with Crippen molar-refractivity contribution in [1.29, 1.82) is 0 Å². The van der Waals surface area contributed by atoms with Gasteiger partial charge in [0.25, 0.3) is 23.6 Å². The van der Waals surface area contributed by atoms with Gasteiger partial charge < -0.3 is 0 Å². The Labute approximate surface area is 834 Å². The van der Waals surface area contributed by atoms with Gasteiger partial charge in [-0.15, -0.1) is 0 Å². The zero-order chi connectivity index (χ0) is 97.0. The molecule has 8 amide bonds. The molecular weight excluding hydrogens is 1950 g/mol. The van der Waals surface area contributed by atoms with Crippen LogP contribution in [0, 0.1) is 0 Å². The molecule has 14 rings (SSSR count). The van der Waals surface area contributed by atoms with Crippen LogP contribution in [-0.4, -0.2) is 129 Å². The molecule has 734 valence electrons. The number of hydrogen-bond acceptors (Lipinski definition) is 8. The Morgan fingerprint density at radius 1 is 0.250 bits per heavy atom. The van der Waals surface area contributed by atoms with Crippen molar-refractivity contribution in [2.45, 2.75) is 424 Å². The molecule has 12 nitrogen and oxygen atoms in total. The normalized spacial score (nSPS) is 14.2. The van der Waals surface area contributed by atoms with Gasteiger partial charge in [-0.05, 0) is 71.5 Å². The predicted molar refractivity (Wildman–Crippen MR) is 587 cm³/mol. The number of unbranched alkanes of at least 4 members (excludes halogenated alkanes) is 30. The van der Waals surface area contributed by atoms with Crippen molar-refractivity contribution >= 4 is 192 Å². The first-order valence-corrected chi connectivity index (χ1v) is 71.4. The molecule has 0 saturated carbocycles. The van der Waals surface area contributed by atoms with Crippen LogP contribution in [0.15, 0.2) is 104 Å². The quantitative estimate of drug-likeness (QED) is 0.0120. The second-order valence-corrected chi connectivity index (χ2v) is 68.1. The van der Waals surface area contributed by atoms with E-state index in [1.165, 1.54) is 177 Å². The van der Waals surface area contributed by atoms with Crippen molar-refractivity contribution in [2.75, 3.05) is 13.1 Å². The molecular formula is C121H167BrN4O8Sn2. The predicted octanol–water partition coefficient (Wildman–Crippen LogP) is 36.1. The number of allylic oxidation sites excluding steroid dienone is 1. The first kappa shape index (κ1) is 108. The summed E-state index contributed by atoms with van der Waals surface area (Å²) in [5.41, 5.74) is 5.66. The molecule has 0 N–H and O–H groups in total. The summed E-state index contributed by atoms with van der Waals surface area (Å²) in [6, 6.07) is 27.5. The molecule has 0 fully saturated rings. The van der Waals surface area contributed by atoms with Crippen molar-refractivity contribution < 1.29 is 38.4 Å². The number of fused-ring (bicyclic) bond motifs is 4. The summed E-state index contributed by atoms with van der Waals surface area (Å²) in [6.45, 7) is 30.2. The van der Waals surface area contributed by atoms with E-state index in [0.717, 1.165) is 227 Å². The van der Waals surface area contributed by atoms with Crippen molar-refractivity contribution in [3.05, 3.63) is 154 Å². The Morgan fingerprint density at radius 3 is 0.831 bits per heavy atom. The zero-order valence-electron chi connectivity index (χ0n) is 86.2.